The number of aryl methyl sites for hydroxylation is 1. The molecule has 0 radical (unpaired) electrons. The molecule has 0 heterocycles. The van der Waals surface area contributed by atoms with Gasteiger partial charge in [0, 0.05) is 26.3 Å². The van der Waals surface area contributed by atoms with E-state index in [-0.39, 0.29) is 18.0 Å². The van der Waals surface area contributed by atoms with Crippen molar-refractivity contribution in [3.8, 4) is 0 Å². The topological polar surface area (TPSA) is 66.6 Å². The minimum Gasteiger partial charge on any atom is -0.399 e. The van der Waals surface area contributed by atoms with Crippen LogP contribution < -0.4 is 5.73 Å². The number of hydrogen-bond donors (Lipinski definition) is 1. The molecule has 1 rings (SSSR count). The Kier molecular flexibility index (Phi) is 5.07. The third-order valence-corrected chi connectivity index (χ3v) is 3.00. The number of carbonyl (C=O) groups excluding carboxylic acids is 2. The molecule has 1 aromatic rings. The van der Waals surface area contributed by atoms with Crippen LogP contribution in [-0.2, 0) is 4.79 Å². The summed E-state index contributed by atoms with van der Waals surface area (Å²) >= 11 is 0. The first-order valence-corrected chi connectivity index (χ1v) is 6.33. The first kappa shape index (κ1) is 15.9. The predicted molar refractivity (Wildman–Crippen MR) is 75.8 cm³/mol. The summed E-state index contributed by atoms with van der Waals surface area (Å²) in [7, 11) is 3.21. The lowest BCUT2D eigenvalue weighted by molar-refractivity contribution is -0.129. The monoisotopic (exact) mass is 281 g/mol. The highest BCUT2D eigenvalue weighted by Crippen LogP contribution is 2.18. The molecule has 1 aromatic carbocycles. The zero-order valence-corrected chi connectivity index (χ0v) is 12.2. The zero-order valence-electron chi connectivity index (χ0n) is 12.2. The van der Waals surface area contributed by atoms with Gasteiger partial charge in [-0.05, 0) is 31.5 Å². The summed E-state index contributed by atoms with van der Waals surface area (Å²) in [6.07, 6.45) is 0. The van der Waals surface area contributed by atoms with E-state index >= 15 is 0 Å². The molecule has 0 aliphatic rings. The minimum absolute atomic E-state index is 0.0877. The van der Waals surface area contributed by atoms with E-state index in [0.717, 1.165) is 0 Å². The summed E-state index contributed by atoms with van der Waals surface area (Å²) in [4.78, 5) is 26.7. The summed E-state index contributed by atoms with van der Waals surface area (Å²) in [5.41, 5.74) is 6.17. The van der Waals surface area contributed by atoms with Crippen molar-refractivity contribution in [3.05, 3.63) is 29.1 Å². The SMILES string of the molecule is CCN(CC(=O)N(C)C)C(=O)c1cc(N)cc(C)c1F. The number of halogens is 1. The first-order chi connectivity index (χ1) is 9.27. The van der Waals surface area contributed by atoms with Crippen LogP contribution in [0.15, 0.2) is 12.1 Å². The number of nitrogens with zero attached hydrogens (tertiary/aromatic N) is 2. The molecule has 0 aliphatic carbocycles. The maximum Gasteiger partial charge on any atom is 0.257 e. The molecule has 6 heteroatoms. The van der Waals surface area contributed by atoms with Gasteiger partial charge < -0.3 is 15.5 Å². The molecule has 0 aliphatic heterocycles. The van der Waals surface area contributed by atoms with Crippen LogP contribution in [-0.4, -0.2) is 48.8 Å². The Labute approximate surface area is 118 Å². The number of amides is 2. The lowest BCUT2D eigenvalue weighted by Gasteiger charge is -2.23. The number of nitrogens with two attached hydrogens (primary N) is 1. The fraction of sp³-hybridized carbons (Fsp3) is 0.429. The van der Waals surface area contributed by atoms with Crippen LogP contribution in [0, 0.1) is 12.7 Å². The van der Waals surface area contributed by atoms with Gasteiger partial charge in [-0.1, -0.05) is 0 Å². The van der Waals surface area contributed by atoms with Gasteiger partial charge in [-0.15, -0.1) is 0 Å². The van der Waals surface area contributed by atoms with Crippen LogP contribution in [0.3, 0.4) is 0 Å². The van der Waals surface area contributed by atoms with Gasteiger partial charge in [-0.2, -0.15) is 0 Å². The summed E-state index contributed by atoms with van der Waals surface area (Å²) in [5, 5.41) is 0. The molecular weight excluding hydrogens is 261 g/mol. The standard InChI is InChI=1S/C14H20FN3O2/c1-5-18(8-12(19)17(3)4)14(20)11-7-10(16)6-9(2)13(11)15/h6-7H,5,8,16H2,1-4H3. The highest BCUT2D eigenvalue weighted by Gasteiger charge is 2.22. The fourth-order valence-electron chi connectivity index (χ4n) is 1.76. The quantitative estimate of drug-likeness (QED) is 0.845. The fourth-order valence-corrected chi connectivity index (χ4v) is 1.76. The minimum atomic E-state index is -0.597. The van der Waals surface area contributed by atoms with Crippen molar-refractivity contribution in [1.29, 1.82) is 0 Å². The van der Waals surface area contributed by atoms with Crippen LogP contribution in [0.4, 0.5) is 10.1 Å². The van der Waals surface area contributed by atoms with E-state index in [4.69, 9.17) is 5.73 Å². The van der Waals surface area contributed by atoms with Crippen molar-refractivity contribution >= 4 is 17.5 Å². The molecule has 0 unspecified atom stereocenters. The zero-order chi connectivity index (χ0) is 15.4. The van der Waals surface area contributed by atoms with Crippen LogP contribution in [0.2, 0.25) is 0 Å². The normalized spacial score (nSPS) is 10.2. The third-order valence-electron chi connectivity index (χ3n) is 3.00. The van der Waals surface area contributed by atoms with E-state index in [0.29, 0.717) is 17.8 Å². The molecule has 0 atom stereocenters. The predicted octanol–water partition coefficient (Wildman–Crippen LogP) is 1.27. The number of rotatable bonds is 4. The number of likely N-dealkylation sites (N-methyl/N-ethyl adjacent to an activating group) is 2. The Balaban J connectivity index is 3.06. The number of benzene rings is 1. The number of anilines is 1. The number of hydrogen-bond acceptors (Lipinski definition) is 3. The average Bonchev–Trinajstić information content (AvgIpc) is 2.38. The van der Waals surface area contributed by atoms with E-state index in [1.807, 2.05) is 0 Å². The van der Waals surface area contributed by atoms with Crippen molar-refractivity contribution in [2.45, 2.75) is 13.8 Å². The smallest absolute Gasteiger partial charge is 0.257 e. The molecule has 2 amide bonds. The largest absolute Gasteiger partial charge is 0.399 e. The maximum atomic E-state index is 14.0. The van der Waals surface area contributed by atoms with Gasteiger partial charge in [-0.3, -0.25) is 9.59 Å². The average molecular weight is 281 g/mol. The van der Waals surface area contributed by atoms with Gasteiger partial charge in [0.25, 0.3) is 5.91 Å². The van der Waals surface area contributed by atoms with Crippen LogP contribution >= 0.6 is 0 Å². The van der Waals surface area contributed by atoms with Crippen molar-refractivity contribution in [3.63, 3.8) is 0 Å². The van der Waals surface area contributed by atoms with E-state index in [2.05, 4.69) is 0 Å². The lowest BCUT2D eigenvalue weighted by Crippen LogP contribution is -2.40. The first-order valence-electron chi connectivity index (χ1n) is 6.33. The van der Waals surface area contributed by atoms with Gasteiger partial charge >= 0.3 is 0 Å². The summed E-state index contributed by atoms with van der Waals surface area (Å²) in [6, 6.07) is 2.76. The molecule has 5 nitrogen and oxygen atoms in total. The van der Waals surface area contributed by atoms with Crippen molar-refractivity contribution in [2.24, 2.45) is 0 Å². The van der Waals surface area contributed by atoms with Crippen molar-refractivity contribution < 1.29 is 14.0 Å². The summed E-state index contributed by atoms with van der Waals surface area (Å²) < 4.78 is 14.0. The Morgan fingerprint density at radius 2 is 1.90 bits per heavy atom. The van der Waals surface area contributed by atoms with Crippen LogP contribution in [0.1, 0.15) is 22.8 Å². The van der Waals surface area contributed by atoms with E-state index in [1.165, 1.54) is 21.9 Å². The number of carbonyl (C=O) groups is 2. The van der Waals surface area contributed by atoms with Gasteiger partial charge in [-0.25, -0.2) is 4.39 Å². The molecule has 0 aromatic heterocycles. The van der Waals surface area contributed by atoms with E-state index in [9.17, 15) is 14.0 Å². The Bertz CT molecular complexity index is 529. The van der Waals surface area contributed by atoms with Gasteiger partial charge in [0.1, 0.15) is 5.82 Å². The molecule has 0 fully saturated rings. The third kappa shape index (κ3) is 3.46. The summed E-state index contributed by atoms with van der Waals surface area (Å²) in [6.45, 7) is 3.50. The highest BCUT2D eigenvalue weighted by molar-refractivity contribution is 5.97. The molecule has 0 saturated carbocycles. The maximum absolute atomic E-state index is 14.0. The van der Waals surface area contributed by atoms with Crippen molar-refractivity contribution in [1.82, 2.24) is 9.80 Å². The Hall–Kier alpha value is -2.11. The molecule has 0 saturated heterocycles. The molecule has 0 bridgehead atoms. The second-order valence-corrected chi connectivity index (χ2v) is 4.81. The molecule has 2 N–H and O–H groups in total. The van der Waals surface area contributed by atoms with E-state index in [1.54, 1.807) is 27.9 Å². The van der Waals surface area contributed by atoms with Crippen molar-refractivity contribution in [2.75, 3.05) is 32.9 Å². The Morgan fingerprint density at radius 3 is 2.40 bits per heavy atom. The van der Waals surface area contributed by atoms with E-state index < -0.39 is 11.7 Å². The summed E-state index contributed by atoms with van der Waals surface area (Å²) in [5.74, 6) is -1.35. The number of nitrogen functional groups attached to an aromatic ring is 1. The highest BCUT2D eigenvalue weighted by atomic mass is 19.1. The molecule has 110 valence electrons. The second-order valence-electron chi connectivity index (χ2n) is 4.81. The second kappa shape index (κ2) is 6.36. The lowest BCUT2D eigenvalue weighted by atomic mass is 10.1. The van der Waals surface area contributed by atoms with Gasteiger partial charge in [0.2, 0.25) is 5.91 Å². The molecule has 20 heavy (non-hydrogen) atoms. The Morgan fingerprint density at radius 1 is 1.30 bits per heavy atom. The molecule has 0 spiro atoms. The van der Waals surface area contributed by atoms with Gasteiger partial charge in [0.05, 0.1) is 12.1 Å². The van der Waals surface area contributed by atoms with Gasteiger partial charge in [0.15, 0.2) is 0 Å². The van der Waals surface area contributed by atoms with Crippen LogP contribution in [0.5, 0.6) is 0 Å². The van der Waals surface area contributed by atoms with Crippen LogP contribution in [0.25, 0.3) is 0 Å². The molecular formula is C14H20FN3O2.